The molecule has 3 rings (SSSR count). The molecular weight excluding hydrogens is 462 g/mol. The van der Waals surface area contributed by atoms with Gasteiger partial charge in [-0.3, -0.25) is 10.2 Å². The molecule has 0 spiro atoms. The second kappa shape index (κ2) is 9.55. The molecule has 11 heteroatoms. The molecule has 0 atom stereocenters. The number of rotatable bonds is 7. The van der Waals surface area contributed by atoms with E-state index in [4.69, 9.17) is 11.1 Å². The minimum absolute atomic E-state index is 0.117. The van der Waals surface area contributed by atoms with E-state index in [1.165, 1.54) is 18.2 Å². The maximum absolute atomic E-state index is 13.0. The molecule has 0 saturated heterocycles. The van der Waals surface area contributed by atoms with Crippen molar-refractivity contribution in [1.29, 1.82) is 5.41 Å². The first-order chi connectivity index (χ1) is 16.0. The highest BCUT2D eigenvalue weighted by Gasteiger charge is 2.22. The monoisotopic (exact) mass is 481 g/mol. The second-order valence-electron chi connectivity index (χ2n) is 7.13. The number of carbonyl (C=O) groups excluding carboxylic acids is 2. The van der Waals surface area contributed by atoms with Crippen molar-refractivity contribution in [1.82, 2.24) is 0 Å². The Labute approximate surface area is 194 Å². The molecule has 0 radical (unpaired) electrons. The SMILES string of the molecule is CS(=O)(=O)OC(=O)c1ccc(-c2ccccc2C(=O)Nc2ccc(C(=N)N)cc2)c(C(=O)O)c1. The van der Waals surface area contributed by atoms with Crippen LogP contribution in [0.5, 0.6) is 0 Å². The zero-order valence-corrected chi connectivity index (χ0v) is 18.5. The summed E-state index contributed by atoms with van der Waals surface area (Å²) >= 11 is 0. The van der Waals surface area contributed by atoms with Gasteiger partial charge in [-0.25, -0.2) is 9.59 Å². The lowest BCUT2D eigenvalue weighted by Gasteiger charge is -2.13. The van der Waals surface area contributed by atoms with Crippen molar-refractivity contribution in [2.75, 3.05) is 11.6 Å². The van der Waals surface area contributed by atoms with Crippen LogP contribution < -0.4 is 11.1 Å². The van der Waals surface area contributed by atoms with E-state index in [0.29, 0.717) is 17.5 Å². The molecule has 0 aliphatic heterocycles. The Bertz CT molecular complexity index is 1410. The summed E-state index contributed by atoms with van der Waals surface area (Å²) < 4.78 is 26.8. The summed E-state index contributed by atoms with van der Waals surface area (Å²) in [5.41, 5.74) is 6.32. The number of amides is 1. The Morgan fingerprint density at radius 2 is 1.50 bits per heavy atom. The van der Waals surface area contributed by atoms with Gasteiger partial charge in [0.05, 0.1) is 17.4 Å². The first-order valence-electron chi connectivity index (χ1n) is 9.62. The summed E-state index contributed by atoms with van der Waals surface area (Å²) in [4.78, 5) is 36.9. The third-order valence-electron chi connectivity index (χ3n) is 4.63. The summed E-state index contributed by atoms with van der Waals surface area (Å²) in [6, 6.07) is 16.1. The first kappa shape index (κ1) is 24.1. The fourth-order valence-corrected chi connectivity index (χ4v) is 3.49. The molecule has 0 fully saturated rings. The van der Waals surface area contributed by atoms with Crippen molar-refractivity contribution in [2.45, 2.75) is 0 Å². The lowest BCUT2D eigenvalue weighted by Crippen LogP contribution is -2.15. The van der Waals surface area contributed by atoms with Gasteiger partial charge in [0.15, 0.2) is 0 Å². The van der Waals surface area contributed by atoms with Gasteiger partial charge in [-0.15, -0.1) is 0 Å². The summed E-state index contributed by atoms with van der Waals surface area (Å²) in [7, 11) is -4.09. The second-order valence-corrected chi connectivity index (χ2v) is 8.71. The average molecular weight is 481 g/mol. The number of aromatic carboxylic acids is 1. The Hall–Kier alpha value is -4.51. The zero-order chi connectivity index (χ0) is 25.0. The van der Waals surface area contributed by atoms with Crippen molar-refractivity contribution in [3.63, 3.8) is 0 Å². The lowest BCUT2D eigenvalue weighted by atomic mass is 9.93. The quantitative estimate of drug-likeness (QED) is 0.226. The van der Waals surface area contributed by atoms with Crippen molar-refractivity contribution < 1.29 is 32.1 Å². The molecule has 174 valence electrons. The minimum Gasteiger partial charge on any atom is -0.478 e. The number of amidine groups is 1. The number of hydrogen-bond donors (Lipinski definition) is 4. The van der Waals surface area contributed by atoms with Crippen molar-refractivity contribution in [2.24, 2.45) is 5.73 Å². The van der Waals surface area contributed by atoms with Gasteiger partial charge in [0.1, 0.15) is 5.84 Å². The van der Waals surface area contributed by atoms with Gasteiger partial charge in [0.2, 0.25) is 0 Å². The van der Waals surface area contributed by atoms with Crippen LogP contribution in [0.15, 0.2) is 66.7 Å². The van der Waals surface area contributed by atoms with Crippen molar-refractivity contribution in [3.8, 4) is 11.1 Å². The van der Waals surface area contributed by atoms with E-state index in [2.05, 4.69) is 9.50 Å². The molecule has 0 aromatic heterocycles. The molecule has 0 aliphatic rings. The molecule has 0 unspecified atom stereocenters. The largest absolute Gasteiger partial charge is 0.478 e. The Morgan fingerprint density at radius 3 is 2.09 bits per heavy atom. The number of carbonyl (C=O) groups is 3. The summed E-state index contributed by atoms with van der Waals surface area (Å²) in [5.74, 6) is -3.26. The van der Waals surface area contributed by atoms with Crippen LogP contribution in [0.3, 0.4) is 0 Å². The first-order valence-corrected chi connectivity index (χ1v) is 11.4. The maximum atomic E-state index is 13.0. The number of nitrogen functional groups attached to an aromatic ring is 1. The maximum Gasteiger partial charge on any atom is 0.353 e. The number of nitrogens with two attached hydrogens (primary N) is 1. The average Bonchev–Trinajstić information content (AvgIpc) is 2.77. The molecule has 0 heterocycles. The molecule has 0 saturated carbocycles. The zero-order valence-electron chi connectivity index (χ0n) is 17.7. The van der Waals surface area contributed by atoms with E-state index in [1.54, 1.807) is 42.5 Å². The van der Waals surface area contributed by atoms with E-state index in [-0.39, 0.29) is 33.7 Å². The van der Waals surface area contributed by atoms with Gasteiger partial charge >= 0.3 is 22.1 Å². The van der Waals surface area contributed by atoms with Crippen LogP contribution in [-0.4, -0.2) is 43.5 Å². The Kier molecular flexibility index (Phi) is 6.78. The van der Waals surface area contributed by atoms with Crippen LogP contribution in [0, 0.1) is 5.41 Å². The van der Waals surface area contributed by atoms with Crippen LogP contribution in [0.4, 0.5) is 5.69 Å². The molecule has 3 aromatic carbocycles. The minimum atomic E-state index is -4.09. The third-order valence-corrected chi connectivity index (χ3v) is 5.08. The highest BCUT2D eigenvalue weighted by Crippen LogP contribution is 2.29. The molecule has 10 nitrogen and oxygen atoms in total. The molecule has 0 aliphatic carbocycles. The highest BCUT2D eigenvalue weighted by atomic mass is 32.2. The topological polar surface area (TPSA) is 177 Å². The molecule has 0 bridgehead atoms. The van der Waals surface area contributed by atoms with Gasteiger partial charge in [-0.1, -0.05) is 24.3 Å². The number of carboxylic acid groups (broad SMARTS) is 1. The molecule has 34 heavy (non-hydrogen) atoms. The van der Waals surface area contributed by atoms with E-state index in [0.717, 1.165) is 6.07 Å². The summed E-state index contributed by atoms with van der Waals surface area (Å²) in [5, 5.41) is 19.8. The predicted molar refractivity (Wildman–Crippen MR) is 125 cm³/mol. The summed E-state index contributed by atoms with van der Waals surface area (Å²) in [6.45, 7) is 0. The summed E-state index contributed by atoms with van der Waals surface area (Å²) in [6.07, 6.45) is 0.694. The Balaban J connectivity index is 1.99. The van der Waals surface area contributed by atoms with Crippen LogP contribution in [-0.2, 0) is 14.3 Å². The van der Waals surface area contributed by atoms with Crippen LogP contribution in [0.2, 0.25) is 0 Å². The number of anilines is 1. The van der Waals surface area contributed by atoms with Crippen molar-refractivity contribution in [3.05, 3.63) is 89.0 Å². The van der Waals surface area contributed by atoms with Gasteiger partial charge in [0.25, 0.3) is 5.91 Å². The van der Waals surface area contributed by atoms with E-state index < -0.39 is 28.0 Å². The Morgan fingerprint density at radius 1 is 0.912 bits per heavy atom. The molecule has 3 aromatic rings. The number of nitrogens with one attached hydrogen (secondary N) is 2. The fourth-order valence-electron chi connectivity index (χ4n) is 3.12. The van der Waals surface area contributed by atoms with Crippen LogP contribution >= 0.6 is 0 Å². The normalized spacial score (nSPS) is 10.9. The highest BCUT2D eigenvalue weighted by molar-refractivity contribution is 7.86. The molecule has 1 amide bonds. The van der Waals surface area contributed by atoms with Gasteiger partial charge in [-0.05, 0) is 53.6 Å². The molecular formula is C23H19N3O7S. The van der Waals surface area contributed by atoms with Crippen molar-refractivity contribution >= 4 is 39.5 Å². The third kappa shape index (κ3) is 5.64. The smallest absolute Gasteiger partial charge is 0.353 e. The van der Waals surface area contributed by atoms with Crippen LogP contribution in [0.1, 0.15) is 36.6 Å². The number of hydrogen-bond acceptors (Lipinski definition) is 7. The van der Waals surface area contributed by atoms with Gasteiger partial charge in [-0.2, -0.15) is 8.42 Å². The van der Waals surface area contributed by atoms with Crippen LogP contribution in [0.25, 0.3) is 11.1 Å². The number of carboxylic acids is 1. The van der Waals surface area contributed by atoms with E-state index >= 15 is 0 Å². The van der Waals surface area contributed by atoms with E-state index in [1.807, 2.05) is 0 Å². The molecule has 5 N–H and O–H groups in total. The predicted octanol–water partition coefficient (Wildman–Crippen LogP) is 2.70. The fraction of sp³-hybridized carbons (Fsp3) is 0.0435. The standard InChI is InChI=1S/C23H19N3O7S/c1-34(31,32)33-23(30)14-8-11-17(19(12-14)22(28)29)16-4-2-3-5-18(16)21(27)26-15-9-6-13(7-10-15)20(24)25/h2-12H,1H3,(H3,24,25)(H,26,27)(H,28,29). The van der Waals surface area contributed by atoms with E-state index in [9.17, 15) is 27.9 Å². The number of benzene rings is 3. The van der Waals surface area contributed by atoms with Gasteiger partial charge < -0.3 is 20.3 Å². The van der Waals surface area contributed by atoms with Gasteiger partial charge in [0, 0.05) is 16.8 Å². The lowest BCUT2D eigenvalue weighted by molar-refractivity contribution is 0.0697.